The second-order valence-corrected chi connectivity index (χ2v) is 6.11. The van der Waals surface area contributed by atoms with Crippen LogP contribution < -0.4 is 11.1 Å². The lowest BCUT2D eigenvalue weighted by Crippen LogP contribution is -2.32. The molecule has 4 amide bonds. The van der Waals surface area contributed by atoms with Gasteiger partial charge in [0.05, 0.1) is 12.2 Å². The molecule has 136 valence electrons. The fourth-order valence-corrected chi connectivity index (χ4v) is 2.81. The summed E-state index contributed by atoms with van der Waals surface area (Å²) in [6.07, 6.45) is 1.53. The molecule has 11 heteroatoms. The number of nitrogens with two attached hydrogens (primary N) is 1. The van der Waals surface area contributed by atoms with Crippen molar-refractivity contribution >= 4 is 29.4 Å². The number of benzene rings is 1. The molecule has 0 unspecified atom stereocenters. The first kappa shape index (κ1) is 17.8. The molecule has 1 saturated heterocycles. The Morgan fingerprint density at radius 1 is 1.38 bits per heavy atom. The van der Waals surface area contributed by atoms with Crippen LogP contribution in [0, 0.1) is 5.82 Å². The molecule has 9 nitrogen and oxygen atoms in total. The Labute approximate surface area is 151 Å². The third-order valence-electron chi connectivity index (χ3n) is 3.80. The van der Waals surface area contributed by atoms with Crippen LogP contribution in [0.3, 0.4) is 0 Å². The number of carbonyl (C=O) groups is 3. The first-order valence-electron chi connectivity index (χ1n) is 7.57. The molecular formula is C15H14ClFN6O3. The SMILES string of the molecule is NC(=O)Cn1cc(C[C@@H]2NC(=O)N(Cc3c(F)cccc3Cl)C2=O)nn1. The summed E-state index contributed by atoms with van der Waals surface area (Å²) in [6, 6.07) is 2.60. The number of urea groups is 1. The topological polar surface area (TPSA) is 123 Å². The van der Waals surface area contributed by atoms with Crippen LogP contribution in [0.4, 0.5) is 9.18 Å². The van der Waals surface area contributed by atoms with E-state index >= 15 is 0 Å². The molecule has 1 aliphatic heterocycles. The van der Waals surface area contributed by atoms with Gasteiger partial charge >= 0.3 is 6.03 Å². The lowest BCUT2D eigenvalue weighted by atomic mass is 10.1. The third-order valence-corrected chi connectivity index (χ3v) is 4.16. The summed E-state index contributed by atoms with van der Waals surface area (Å²) in [6.45, 7) is -0.420. The highest BCUT2D eigenvalue weighted by molar-refractivity contribution is 6.31. The van der Waals surface area contributed by atoms with Crippen molar-refractivity contribution in [3.05, 3.63) is 46.5 Å². The van der Waals surface area contributed by atoms with E-state index in [0.717, 1.165) is 4.90 Å². The van der Waals surface area contributed by atoms with Gasteiger partial charge < -0.3 is 11.1 Å². The molecule has 0 saturated carbocycles. The Balaban J connectivity index is 1.71. The largest absolute Gasteiger partial charge is 0.368 e. The van der Waals surface area contributed by atoms with Crippen LogP contribution in [0.1, 0.15) is 11.3 Å². The number of carbonyl (C=O) groups excluding carboxylic acids is 3. The van der Waals surface area contributed by atoms with Gasteiger partial charge in [-0.2, -0.15) is 0 Å². The summed E-state index contributed by atoms with van der Waals surface area (Å²) in [5, 5.41) is 10.2. The van der Waals surface area contributed by atoms with Crippen LogP contribution >= 0.6 is 11.6 Å². The first-order valence-corrected chi connectivity index (χ1v) is 7.95. The number of amides is 4. The summed E-state index contributed by atoms with van der Waals surface area (Å²) in [4.78, 5) is 36.3. The highest BCUT2D eigenvalue weighted by Gasteiger charge is 2.39. The highest BCUT2D eigenvalue weighted by Crippen LogP contribution is 2.23. The Morgan fingerprint density at radius 2 is 2.15 bits per heavy atom. The Morgan fingerprint density at radius 3 is 2.85 bits per heavy atom. The summed E-state index contributed by atoms with van der Waals surface area (Å²) < 4.78 is 15.1. The monoisotopic (exact) mass is 380 g/mol. The second-order valence-electron chi connectivity index (χ2n) is 5.70. The second kappa shape index (κ2) is 7.08. The molecule has 3 rings (SSSR count). The number of rotatable bonds is 6. The van der Waals surface area contributed by atoms with E-state index in [1.54, 1.807) is 0 Å². The molecular weight excluding hydrogens is 367 g/mol. The molecule has 0 spiro atoms. The van der Waals surface area contributed by atoms with Crippen molar-refractivity contribution in [3.8, 4) is 0 Å². The molecule has 2 aromatic rings. The number of halogens is 2. The molecule has 1 aliphatic rings. The smallest absolute Gasteiger partial charge is 0.325 e. The minimum atomic E-state index is -0.869. The van der Waals surface area contributed by atoms with Gasteiger partial charge in [0, 0.05) is 23.2 Å². The zero-order valence-electron chi connectivity index (χ0n) is 13.4. The molecule has 0 radical (unpaired) electrons. The quantitative estimate of drug-likeness (QED) is 0.694. The minimum absolute atomic E-state index is 0.0609. The standard InChI is InChI=1S/C15H14ClFN6O3/c16-10-2-1-3-11(17)9(10)6-23-14(25)12(19-15(23)26)4-8-5-22(21-20-8)7-13(18)24/h1-3,5,12H,4,6-7H2,(H2,18,24)(H,19,26)/t12-/m0/s1. The van der Waals surface area contributed by atoms with Crippen LogP contribution in [0.5, 0.6) is 0 Å². The van der Waals surface area contributed by atoms with Crippen molar-refractivity contribution in [2.24, 2.45) is 5.73 Å². The number of nitrogens with one attached hydrogen (secondary N) is 1. The van der Waals surface area contributed by atoms with Crippen molar-refractivity contribution < 1.29 is 18.8 Å². The average Bonchev–Trinajstić information content (AvgIpc) is 3.09. The van der Waals surface area contributed by atoms with E-state index in [1.807, 2.05) is 0 Å². The van der Waals surface area contributed by atoms with Crippen LogP contribution in [0.2, 0.25) is 5.02 Å². The van der Waals surface area contributed by atoms with E-state index in [2.05, 4.69) is 15.6 Å². The molecule has 1 fully saturated rings. The van der Waals surface area contributed by atoms with Crippen molar-refractivity contribution in [3.63, 3.8) is 0 Å². The maximum absolute atomic E-state index is 13.9. The number of nitrogens with zero attached hydrogens (tertiary/aromatic N) is 4. The lowest BCUT2D eigenvalue weighted by molar-refractivity contribution is -0.127. The van der Waals surface area contributed by atoms with Crippen molar-refractivity contribution in [2.45, 2.75) is 25.6 Å². The average molecular weight is 381 g/mol. The van der Waals surface area contributed by atoms with Crippen LogP contribution in [0.25, 0.3) is 0 Å². The van der Waals surface area contributed by atoms with Gasteiger partial charge in [0.2, 0.25) is 5.91 Å². The first-order chi connectivity index (χ1) is 12.3. The highest BCUT2D eigenvalue weighted by atomic mass is 35.5. The van der Waals surface area contributed by atoms with Gasteiger partial charge in [-0.25, -0.2) is 13.9 Å². The fourth-order valence-electron chi connectivity index (χ4n) is 2.58. The van der Waals surface area contributed by atoms with E-state index < -0.39 is 29.7 Å². The molecule has 0 bridgehead atoms. The van der Waals surface area contributed by atoms with E-state index in [4.69, 9.17) is 17.3 Å². The minimum Gasteiger partial charge on any atom is -0.368 e. The van der Waals surface area contributed by atoms with E-state index in [9.17, 15) is 18.8 Å². The van der Waals surface area contributed by atoms with Gasteiger partial charge in [-0.15, -0.1) is 5.10 Å². The van der Waals surface area contributed by atoms with E-state index in [0.29, 0.717) is 5.69 Å². The molecule has 1 aromatic heterocycles. The number of primary amides is 1. The summed E-state index contributed by atoms with van der Waals surface area (Å²) in [5.41, 5.74) is 5.53. The number of hydrogen-bond acceptors (Lipinski definition) is 5. The zero-order chi connectivity index (χ0) is 18.8. The molecule has 0 aliphatic carbocycles. The van der Waals surface area contributed by atoms with Crippen LogP contribution in [-0.2, 0) is 29.1 Å². The molecule has 1 aromatic carbocycles. The van der Waals surface area contributed by atoms with Crippen molar-refractivity contribution in [1.82, 2.24) is 25.2 Å². The summed E-state index contributed by atoms with van der Waals surface area (Å²) in [5.74, 6) is -1.71. The predicted molar refractivity (Wildman–Crippen MR) is 87.2 cm³/mol. The zero-order valence-corrected chi connectivity index (χ0v) is 14.1. The van der Waals surface area contributed by atoms with Gasteiger partial charge in [-0.3, -0.25) is 14.5 Å². The van der Waals surface area contributed by atoms with Gasteiger partial charge in [0.15, 0.2) is 0 Å². The summed E-state index contributed by atoms with van der Waals surface area (Å²) >= 11 is 5.95. The number of hydrogen-bond donors (Lipinski definition) is 2. The molecule has 3 N–H and O–H groups in total. The van der Waals surface area contributed by atoms with Gasteiger partial charge in [-0.05, 0) is 12.1 Å². The maximum Gasteiger partial charge on any atom is 0.325 e. The molecule has 2 heterocycles. The third kappa shape index (κ3) is 3.64. The molecule has 26 heavy (non-hydrogen) atoms. The lowest BCUT2D eigenvalue weighted by Gasteiger charge is -2.14. The van der Waals surface area contributed by atoms with Crippen molar-refractivity contribution in [1.29, 1.82) is 0 Å². The Hall–Kier alpha value is -3.01. The Kier molecular flexibility index (Phi) is 4.85. The van der Waals surface area contributed by atoms with Gasteiger partial charge in [0.25, 0.3) is 5.91 Å². The van der Waals surface area contributed by atoms with Gasteiger partial charge in [0.1, 0.15) is 18.4 Å². The number of aromatic nitrogens is 3. The van der Waals surface area contributed by atoms with E-state index in [-0.39, 0.29) is 30.1 Å². The molecule has 1 atom stereocenters. The van der Waals surface area contributed by atoms with Gasteiger partial charge in [-0.1, -0.05) is 22.9 Å². The fraction of sp³-hybridized carbons (Fsp3) is 0.267. The van der Waals surface area contributed by atoms with E-state index in [1.165, 1.54) is 29.1 Å². The van der Waals surface area contributed by atoms with Crippen LogP contribution in [0.15, 0.2) is 24.4 Å². The van der Waals surface area contributed by atoms with Crippen LogP contribution in [-0.4, -0.2) is 43.8 Å². The normalized spacial score (nSPS) is 16.8. The van der Waals surface area contributed by atoms with Crippen molar-refractivity contribution in [2.75, 3.05) is 0 Å². The predicted octanol–water partition coefficient (Wildman–Crippen LogP) is 0.219. The summed E-state index contributed by atoms with van der Waals surface area (Å²) in [7, 11) is 0. The number of imide groups is 1. The maximum atomic E-state index is 13.9. The Bertz CT molecular complexity index is 866.